The van der Waals surface area contributed by atoms with Gasteiger partial charge >= 0.3 is 12.2 Å². The first kappa shape index (κ1) is 35.3. The minimum Gasteiger partial charge on any atom is -0.465 e. The molecule has 4 aliphatic rings. The number of hydrogen-bond donors (Lipinski definition) is 6. The Bertz CT molecular complexity index is 2000. The number of nitrogens with one attached hydrogen (secondary N) is 4. The number of carbonyl (C=O) groups is 4. The van der Waals surface area contributed by atoms with Gasteiger partial charge in [-0.1, -0.05) is 50.0 Å². The van der Waals surface area contributed by atoms with Crippen molar-refractivity contribution in [1.82, 2.24) is 40.4 Å². The van der Waals surface area contributed by atoms with Gasteiger partial charge in [0.1, 0.15) is 11.6 Å². The highest BCUT2D eigenvalue weighted by atomic mass is 16.4. The maximum atomic E-state index is 12.7. The first-order valence-electron chi connectivity index (χ1n) is 18.6. The molecule has 6 N–H and O–H groups in total. The van der Waals surface area contributed by atoms with Crippen molar-refractivity contribution in [1.29, 1.82) is 0 Å². The summed E-state index contributed by atoms with van der Waals surface area (Å²) in [6.45, 7) is 3.80. The smallest absolute Gasteiger partial charge is 0.411 e. The maximum Gasteiger partial charge on any atom is 0.411 e. The van der Waals surface area contributed by atoms with Crippen LogP contribution in [0.2, 0.25) is 0 Å². The summed E-state index contributed by atoms with van der Waals surface area (Å²) in [5.74, 6) is 8.04. The van der Waals surface area contributed by atoms with Gasteiger partial charge in [0.2, 0.25) is 11.8 Å². The Morgan fingerprint density at radius 1 is 0.685 bits per heavy atom. The molecule has 2 aromatic carbocycles. The average molecular weight is 731 g/mol. The largest absolute Gasteiger partial charge is 0.465 e. The van der Waals surface area contributed by atoms with Crippen molar-refractivity contribution in [3.05, 3.63) is 83.7 Å². The normalized spacial score (nSPS) is 25.1. The highest BCUT2D eigenvalue weighted by Crippen LogP contribution is 2.55. The van der Waals surface area contributed by atoms with Gasteiger partial charge in [-0.15, -0.1) is 0 Å². The summed E-state index contributed by atoms with van der Waals surface area (Å²) in [6.07, 6.45) is 5.73. The molecule has 8 atom stereocenters. The Labute approximate surface area is 311 Å². The molecule has 14 heteroatoms. The predicted molar refractivity (Wildman–Crippen MR) is 197 cm³/mol. The van der Waals surface area contributed by atoms with Crippen LogP contribution in [0.3, 0.4) is 0 Å². The molecular formula is C40H42N8O6. The molecule has 14 nitrogen and oxygen atoms in total. The molecule has 0 spiro atoms. The van der Waals surface area contributed by atoms with E-state index in [1.807, 2.05) is 73.0 Å². The van der Waals surface area contributed by atoms with Gasteiger partial charge in [0.15, 0.2) is 0 Å². The fourth-order valence-electron chi connectivity index (χ4n) is 8.74. The van der Waals surface area contributed by atoms with Gasteiger partial charge < -0.3 is 20.2 Å². The quantitative estimate of drug-likeness (QED) is 0.117. The summed E-state index contributed by atoms with van der Waals surface area (Å²) in [4.78, 5) is 68.3. The van der Waals surface area contributed by atoms with E-state index in [0.717, 1.165) is 71.0 Å². The molecule has 4 unspecified atom stereocenters. The van der Waals surface area contributed by atoms with Crippen LogP contribution in [0.4, 0.5) is 9.59 Å². The van der Waals surface area contributed by atoms with E-state index in [9.17, 15) is 19.2 Å². The molecule has 2 saturated heterocycles. The fraction of sp³-hybridized carbons (Fsp3) is 0.400. The summed E-state index contributed by atoms with van der Waals surface area (Å²) in [7, 11) is 0. The van der Waals surface area contributed by atoms with Crippen LogP contribution in [0.5, 0.6) is 0 Å². The Kier molecular flexibility index (Phi) is 9.29. The van der Waals surface area contributed by atoms with E-state index in [0.29, 0.717) is 24.7 Å². The van der Waals surface area contributed by atoms with Crippen molar-refractivity contribution in [2.24, 2.45) is 11.8 Å². The van der Waals surface area contributed by atoms with Crippen LogP contribution in [0, 0.1) is 23.7 Å². The van der Waals surface area contributed by atoms with Crippen LogP contribution >= 0.6 is 0 Å². The third kappa shape index (κ3) is 6.88. The van der Waals surface area contributed by atoms with E-state index >= 15 is 0 Å². The number of carboxylic acid groups (broad SMARTS) is 2. The lowest BCUT2D eigenvalue weighted by atomic mass is 10.1. The number of amides is 4. The topological polar surface area (TPSA) is 197 Å². The number of imidazole rings is 2. The zero-order chi connectivity index (χ0) is 37.7. The number of H-pyrrole nitrogens is 2. The minimum absolute atomic E-state index is 0.0814. The number of aromatic amines is 2. The number of rotatable bonds is 10. The van der Waals surface area contributed by atoms with Gasteiger partial charge in [-0.3, -0.25) is 30.0 Å². The highest BCUT2D eigenvalue weighted by Gasteiger charge is 2.57. The first-order chi connectivity index (χ1) is 26.1. The lowest BCUT2D eigenvalue weighted by molar-refractivity contribution is -0.127. The fourth-order valence-corrected chi connectivity index (χ4v) is 8.74. The minimum atomic E-state index is -1.34. The third-order valence-electron chi connectivity index (χ3n) is 11.4. The molecule has 4 amide bonds. The number of piperidine rings is 2. The van der Waals surface area contributed by atoms with E-state index in [-0.39, 0.29) is 24.2 Å². The van der Waals surface area contributed by atoms with Crippen LogP contribution in [-0.4, -0.2) is 88.1 Å². The molecule has 2 aliphatic carbocycles. The molecular weight excluding hydrogens is 688 g/mol. The molecule has 4 fully saturated rings. The van der Waals surface area contributed by atoms with Crippen LogP contribution in [0.15, 0.2) is 60.9 Å². The van der Waals surface area contributed by atoms with Gasteiger partial charge in [-0.2, -0.15) is 0 Å². The second-order valence-corrected chi connectivity index (χ2v) is 14.7. The maximum absolute atomic E-state index is 12.7. The summed E-state index contributed by atoms with van der Waals surface area (Å²) < 4.78 is 0. The number of fused-ring (bicyclic) bond motifs is 2. The van der Waals surface area contributed by atoms with Crippen molar-refractivity contribution in [3.63, 3.8) is 0 Å². The summed E-state index contributed by atoms with van der Waals surface area (Å²) >= 11 is 0. The molecule has 0 radical (unpaired) electrons. The molecule has 278 valence electrons. The molecule has 8 rings (SSSR count). The van der Waals surface area contributed by atoms with E-state index in [2.05, 4.69) is 41.6 Å². The van der Waals surface area contributed by atoms with Crippen molar-refractivity contribution < 1.29 is 29.4 Å². The summed E-state index contributed by atoms with van der Waals surface area (Å²) in [6, 6.07) is 15.2. The van der Waals surface area contributed by atoms with Crippen LogP contribution < -0.4 is 10.6 Å². The second-order valence-electron chi connectivity index (χ2n) is 14.7. The van der Waals surface area contributed by atoms with E-state index in [1.54, 1.807) is 12.4 Å². The summed E-state index contributed by atoms with van der Waals surface area (Å²) in [5, 5.41) is 22.3. The Morgan fingerprint density at radius 3 is 1.43 bits per heavy atom. The molecule has 2 saturated carbocycles. The van der Waals surface area contributed by atoms with Gasteiger partial charge in [-0.05, 0) is 85.8 Å². The van der Waals surface area contributed by atoms with Crippen molar-refractivity contribution in [2.75, 3.05) is 0 Å². The second kappa shape index (κ2) is 14.2. The lowest BCUT2D eigenvalue weighted by Gasteiger charge is -2.32. The van der Waals surface area contributed by atoms with Crippen molar-refractivity contribution in [2.45, 2.75) is 88.6 Å². The zero-order valence-electron chi connectivity index (χ0n) is 30.0. The molecule has 0 bridgehead atoms. The highest BCUT2D eigenvalue weighted by molar-refractivity contribution is 5.94. The van der Waals surface area contributed by atoms with E-state index < -0.39 is 36.1 Å². The summed E-state index contributed by atoms with van der Waals surface area (Å²) in [5.41, 5.74) is 5.35. The molecule has 4 heterocycles. The molecule has 54 heavy (non-hydrogen) atoms. The van der Waals surface area contributed by atoms with E-state index in [1.165, 1.54) is 0 Å². The van der Waals surface area contributed by atoms with Gasteiger partial charge in [-0.25, -0.2) is 19.6 Å². The number of aromatic nitrogens is 4. The number of carbonyl (C=O) groups excluding carboxylic acids is 2. The van der Waals surface area contributed by atoms with Crippen LogP contribution in [0.25, 0.3) is 22.5 Å². The van der Waals surface area contributed by atoms with Gasteiger partial charge in [0, 0.05) is 23.2 Å². The van der Waals surface area contributed by atoms with Crippen molar-refractivity contribution >= 4 is 24.0 Å². The lowest BCUT2D eigenvalue weighted by Crippen LogP contribution is -2.49. The number of imide groups is 2. The van der Waals surface area contributed by atoms with Crippen molar-refractivity contribution in [3.8, 4) is 34.4 Å². The third-order valence-corrected chi connectivity index (χ3v) is 11.4. The number of hydrogen-bond acceptors (Lipinski definition) is 8. The SMILES string of the molecule is CCC(C(=O)NC(=O)O)N1C(c2ncc(-c3ccc(C#Cc4ccc(-c5cnc([C@@H]6C[C@H]7C[C@H]7N6[C@@H](CC)C(=O)NC(=O)O)[nH]5)cc4)cc3)[nH]2)CC2CC21. The molecule has 2 aliphatic heterocycles. The Hall–Kier alpha value is -5.78. The average Bonchev–Trinajstić information content (AvgIpc) is 3.76. The van der Waals surface area contributed by atoms with Crippen LogP contribution in [-0.2, 0) is 9.59 Å². The van der Waals surface area contributed by atoms with Gasteiger partial charge in [0.25, 0.3) is 0 Å². The number of benzene rings is 2. The zero-order valence-corrected chi connectivity index (χ0v) is 30.0. The monoisotopic (exact) mass is 730 g/mol. The first-order valence-corrected chi connectivity index (χ1v) is 18.6. The Balaban J connectivity index is 0.908. The van der Waals surface area contributed by atoms with Gasteiger partial charge in [0.05, 0.1) is 47.9 Å². The Morgan fingerprint density at radius 2 is 1.07 bits per heavy atom. The standard InChI is InChI=1S/C40H42N8O6/c1-3-29(37(49)45-39(51)52)47-31-15-25(31)17-33(47)35-41-19-27(43-35)23-11-7-21(8-12-23)5-6-22-9-13-24(14-10-22)28-20-42-36(44-28)34-18-26-16-32(26)48(34)30(4-2)38(50)46-40(53)54/h7-14,19-20,25-26,29-34H,3-4,15-18H2,1-2H3,(H,41,43)(H,42,44)(H,45,49)(H,46,50)(H,51,52)(H,53,54)/t25-,26?,29+,30?,31-,32?,33+,34?/m1/s1. The number of likely N-dealkylation sites (tertiary alicyclic amines) is 2. The number of nitrogens with zero attached hydrogens (tertiary/aromatic N) is 4. The molecule has 2 aromatic heterocycles. The predicted octanol–water partition coefficient (Wildman–Crippen LogP) is 5.28. The molecule has 4 aromatic rings. The van der Waals surface area contributed by atoms with Crippen LogP contribution in [0.1, 0.15) is 87.2 Å². The van der Waals surface area contributed by atoms with E-state index in [4.69, 9.17) is 10.2 Å².